The van der Waals surface area contributed by atoms with Crippen molar-refractivity contribution in [2.75, 3.05) is 19.6 Å². The van der Waals surface area contributed by atoms with Crippen LogP contribution in [0.5, 0.6) is 0 Å². The van der Waals surface area contributed by atoms with Crippen LogP contribution in [0, 0.1) is 5.92 Å². The van der Waals surface area contributed by atoms with E-state index in [4.69, 9.17) is 0 Å². The van der Waals surface area contributed by atoms with Crippen molar-refractivity contribution in [3.05, 3.63) is 35.4 Å². The molecule has 0 spiro atoms. The van der Waals surface area contributed by atoms with E-state index in [1.807, 2.05) is 0 Å². The topological polar surface area (TPSA) is 15.3 Å². The molecule has 0 aromatic heterocycles. The van der Waals surface area contributed by atoms with Gasteiger partial charge in [0, 0.05) is 19.1 Å². The summed E-state index contributed by atoms with van der Waals surface area (Å²) in [5.74, 6) is 0.662. The Hall–Kier alpha value is -1.07. The summed E-state index contributed by atoms with van der Waals surface area (Å²) in [4.78, 5) is 2.47. The SMILES string of the molecule is FC(F)(F)c1cccc(CNC2CCN3CCC2C3)c1. The van der Waals surface area contributed by atoms with Gasteiger partial charge in [-0.15, -0.1) is 0 Å². The lowest BCUT2D eigenvalue weighted by Crippen LogP contribution is -2.43. The maximum Gasteiger partial charge on any atom is 0.416 e. The van der Waals surface area contributed by atoms with Gasteiger partial charge in [0.25, 0.3) is 0 Å². The molecule has 2 fully saturated rings. The molecule has 20 heavy (non-hydrogen) atoms. The predicted molar refractivity (Wildman–Crippen MR) is 71.2 cm³/mol. The molecule has 2 saturated heterocycles. The highest BCUT2D eigenvalue weighted by molar-refractivity contribution is 5.25. The molecule has 0 radical (unpaired) electrons. The molecule has 1 aromatic rings. The van der Waals surface area contributed by atoms with Crippen LogP contribution in [0.15, 0.2) is 24.3 Å². The van der Waals surface area contributed by atoms with Crippen LogP contribution >= 0.6 is 0 Å². The van der Waals surface area contributed by atoms with Crippen LogP contribution in [0.25, 0.3) is 0 Å². The molecular weight excluding hydrogens is 265 g/mol. The minimum atomic E-state index is -4.26. The van der Waals surface area contributed by atoms with Gasteiger partial charge in [0.1, 0.15) is 0 Å². The highest BCUT2D eigenvalue weighted by atomic mass is 19.4. The molecule has 1 N–H and O–H groups in total. The van der Waals surface area contributed by atoms with Crippen LogP contribution in [0.2, 0.25) is 0 Å². The van der Waals surface area contributed by atoms with Crippen molar-refractivity contribution in [3.8, 4) is 0 Å². The summed E-state index contributed by atoms with van der Waals surface area (Å²) in [5.41, 5.74) is 0.146. The van der Waals surface area contributed by atoms with Gasteiger partial charge in [-0.2, -0.15) is 13.2 Å². The minimum Gasteiger partial charge on any atom is -0.310 e. The molecule has 3 rings (SSSR count). The third kappa shape index (κ3) is 2.99. The fourth-order valence-corrected chi connectivity index (χ4v) is 3.33. The van der Waals surface area contributed by atoms with Gasteiger partial charge in [-0.1, -0.05) is 18.2 Å². The zero-order valence-corrected chi connectivity index (χ0v) is 11.3. The Balaban J connectivity index is 1.61. The van der Waals surface area contributed by atoms with Gasteiger partial charge in [-0.3, -0.25) is 0 Å². The number of benzene rings is 1. The molecule has 3 atom stereocenters. The number of halogens is 3. The highest BCUT2D eigenvalue weighted by Gasteiger charge is 2.34. The number of piperidine rings is 1. The molecule has 2 heterocycles. The number of rotatable bonds is 3. The molecular formula is C15H19F3N2. The highest BCUT2D eigenvalue weighted by Crippen LogP contribution is 2.30. The molecule has 1 aromatic carbocycles. The molecule has 3 unspecified atom stereocenters. The molecule has 2 aliphatic rings. The average Bonchev–Trinajstić information content (AvgIpc) is 2.80. The maximum absolute atomic E-state index is 12.7. The number of alkyl halides is 3. The van der Waals surface area contributed by atoms with Crippen molar-refractivity contribution >= 4 is 0 Å². The summed E-state index contributed by atoms with van der Waals surface area (Å²) in [6.45, 7) is 3.94. The van der Waals surface area contributed by atoms with E-state index in [-0.39, 0.29) is 0 Å². The fraction of sp³-hybridized carbons (Fsp3) is 0.600. The van der Waals surface area contributed by atoms with Gasteiger partial charge in [-0.05, 0) is 43.5 Å². The quantitative estimate of drug-likeness (QED) is 0.918. The second kappa shape index (κ2) is 5.37. The van der Waals surface area contributed by atoms with Crippen LogP contribution < -0.4 is 5.32 Å². The summed E-state index contributed by atoms with van der Waals surface area (Å²) in [7, 11) is 0. The summed E-state index contributed by atoms with van der Waals surface area (Å²) in [6.07, 6.45) is -1.95. The monoisotopic (exact) mass is 284 g/mol. The van der Waals surface area contributed by atoms with Gasteiger partial charge < -0.3 is 10.2 Å². The lowest BCUT2D eigenvalue weighted by atomic mass is 9.94. The van der Waals surface area contributed by atoms with Gasteiger partial charge in [0.15, 0.2) is 0 Å². The lowest BCUT2D eigenvalue weighted by Gasteiger charge is -2.31. The number of hydrogen-bond donors (Lipinski definition) is 1. The first-order valence-electron chi connectivity index (χ1n) is 7.14. The van der Waals surface area contributed by atoms with Gasteiger partial charge in [-0.25, -0.2) is 0 Å². The van der Waals surface area contributed by atoms with Crippen molar-refractivity contribution in [1.29, 1.82) is 0 Å². The third-order valence-corrected chi connectivity index (χ3v) is 4.46. The first kappa shape index (κ1) is 13.9. The van der Waals surface area contributed by atoms with Crippen LogP contribution in [-0.4, -0.2) is 30.6 Å². The number of nitrogens with zero attached hydrogens (tertiary/aromatic N) is 1. The Morgan fingerprint density at radius 3 is 2.80 bits per heavy atom. The molecule has 5 heteroatoms. The Bertz CT molecular complexity index is 472. The van der Waals surface area contributed by atoms with E-state index in [0.29, 0.717) is 24.1 Å². The molecule has 0 amide bonds. The number of nitrogens with one attached hydrogen (secondary N) is 1. The van der Waals surface area contributed by atoms with E-state index in [2.05, 4.69) is 10.2 Å². The number of hydrogen-bond acceptors (Lipinski definition) is 2. The van der Waals surface area contributed by atoms with Crippen molar-refractivity contribution in [2.45, 2.75) is 31.6 Å². The molecule has 110 valence electrons. The van der Waals surface area contributed by atoms with E-state index in [0.717, 1.165) is 25.6 Å². The van der Waals surface area contributed by atoms with Crippen molar-refractivity contribution in [1.82, 2.24) is 10.2 Å². The summed E-state index contributed by atoms with van der Waals surface area (Å²) >= 11 is 0. The van der Waals surface area contributed by atoms with Gasteiger partial charge in [0.2, 0.25) is 0 Å². The summed E-state index contributed by atoms with van der Waals surface area (Å²) in [6, 6.07) is 6.06. The Labute approximate surface area is 117 Å². The maximum atomic E-state index is 12.7. The van der Waals surface area contributed by atoms with Gasteiger partial charge >= 0.3 is 6.18 Å². The summed E-state index contributed by atoms with van der Waals surface area (Å²) < 4.78 is 38.0. The number of fused-ring (bicyclic) bond motifs is 2. The molecule has 2 aliphatic heterocycles. The van der Waals surface area contributed by atoms with Crippen molar-refractivity contribution in [2.24, 2.45) is 5.92 Å². The zero-order chi connectivity index (χ0) is 14.2. The van der Waals surface area contributed by atoms with E-state index in [1.165, 1.54) is 25.1 Å². The van der Waals surface area contributed by atoms with E-state index < -0.39 is 11.7 Å². The van der Waals surface area contributed by atoms with Crippen molar-refractivity contribution in [3.63, 3.8) is 0 Å². The molecule has 2 nitrogen and oxygen atoms in total. The van der Waals surface area contributed by atoms with Gasteiger partial charge in [0.05, 0.1) is 5.56 Å². The van der Waals surface area contributed by atoms with Crippen molar-refractivity contribution < 1.29 is 13.2 Å². The van der Waals surface area contributed by atoms with Crippen LogP contribution in [0.3, 0.4) is 0 Å². The Kier molecular flexibility index (Phi) is 3.73. The van der Waals surface area contributed by atoms with E-state index in [9.17, 15) is 13.2 Å². The predicted octanol–water partition coefficient (Wildman–Crippen LogP) is 2.89. The standard InChI is InChI=1S/C15H19F3N2/c16-15(17,18)13-3-1-2-11(8-13)9-19-14-5-7-20-6-4-12(14)10-20/h1-3,8,12,14,19H,4-7,9-10H2. The molecule has 0 saturated carbocycles. The van der Waals surface area contributed by atoms with Crippen LogP contribution in [-0.2, 0) is 12.7 Å². The smallest absolute Gasteiger partial charge is 0.310 e. The minimum absolute atomic E-state index is 0.447. The van der Waals surface area contributed by atoms with E-state index in [1.54, 1.807) is 6.07 Å². The first-order chi connectivity index (χ1) is 9.52. The molecule has 0 aliphatic carbocycles. The van der Waals surface area contributed by atoms with Crippen LogP contribution in [0.1, 0.15) is 24.0 Å². The second-order valence-corrected chi connectivity index (χ2v) is 5.82. The Morgan fingerprint density at radius 1 is 1.20 bits per heavy atom. The zero-order valence-electron chi connectivity index (χ0n) is 11.3. The lowest BCUT2D eigenvalue weighted by molar-refractivity contribution is -0.137. The fourth-order valence-electron chi connectivity index (χ4n) is 3.33. The first-order valence-corrected chi connectivity index (χ1v) is 7.14. The Morgan fingerprint density at radius 2 is 2.00 bits per heavy atom. The largest absolute Gasteiger partial charge is 0.416 e. The normalized spacial score (nSPS) is 29.6. The third-order valence-electron chi connectivity index (χ3n) is 4.46. The average molecular weight is 284 g/mol. The second-order valence-electron chi connectivity index (χ2n) is 5.82. The summed E-state index contributed by atoms with van der Waals surface area (Å²) in [5, 5.41) is 3.45. The molecule has 2 bridgehead atoms. The van der Waals surface area contributed by atoms with E-state index >= 15 is 0 Å². The van der Waals surface area contributed by atoms with Crippen LogP contribution in [0.4, 0.5) is 13.2 Å².